The van der Waals surface area contributed by atoms with Gasteiger partial charge in [-0.2, -0.15) is 18.2 Å². The molecule has 0 fully saturated rings. The Morgan fingerprint density at radius 1 is 1.14 bits per heavy atom. The van der Waals surface area contributed by atoms with Crippen LogP contribution in [0.25, 0.3) is 0 Å². The normalized spacial score (nSPS) is 6.86. The van der Waals surface area contributed by atoms with Crippen LogP contribution in [0.15, 0.2) is 24.5 Å². The molecule has 0 radical (unpaired) electrons. The van der Waals surface area contributed by atoms with Crippen LogP contribution in [0.3, 0.4) is 0 Å². The van der Waals surface area contributed by atoms with E-state index in [1.54, 1.807) is 24.5 Å². The first kappa shape index (κ1) is 7.25. The maximum Gasteiger partial charge on any atom is 3.00 e. The van der Waals surface area contributed by atoms with E-state index >= 15 is 0 Å². The monoisotopic (exact) mass is 167 g/mol. The van der Waals surface area contributed by atoms with E-state index in [4.69, 9.17) is 0 Å². The van der Waals surface area contributed by atoms with Gasteiger partial charge in [0.05, 0.1) is 0 Å². The summed E-state index contributed by atoms with van der Waals surface area (Å²) in [6.45, 7) is 0. The molecule has 0 saturated carbocycles. The maximum atomic E-state index is 3.75. The molecule has 1 aromatic heterocycles. The van der Waals surface area contributed by atoms with Gasteiger partial charge in [0.1, 0.15) is 0 Å². The summed E-state index contributed by atoms with van der Waals surface area (Å²) in [5, 5.41) is 0. The molecule has 0 unspecified atom stereocenters. The van der Waals surface area contributed by atoms with Crippen LogP contribution in [-0.4, -0.2) is 4.98 Å². The molecule has 0 aliphatic heterocycles. The van der Waals surface area contributed by atoms with Gasteiger partial charge < -0.3 is 4.98 Å². The van der Waals surface area contributed by atoms with Crippen LogP contribution in [0.2, 0.25) is 0 Å². The number of hydrogen-bond acceptors (Lipinski definition) is 1. The van der Waals surface area contributed by atoms with E-state index in [1.165, 1.54) is 0 Å². The van der Waals surface area contributed by atoms with Crippen molar-refractivity contribution < 1.29 is 32.7 Å². The van der Waals surface area contributed by atoms with Gasteiger partial charge in [0.25, 0.3) is 0 Å². The minimum absolute atomic E-state index is 0. The molecule has 1 rings (SSSR count). The SMILES string of the molecule is [Y+3].[c-]1ccncc1. The van der Waals surface area contributed by atoms with Crippen LogP contribution in [0.5, 0.6) is 0 Å². The summed E-state index contributed by atoms with van der Waals surface area (Å²) < 4.78 is 0. The van der Waals surface area contributed by atoms with Gasteiger partial charge in [-0.05, 0) is 0 Å². The Bertz CT molecular complexity index is 80.0. The molecule has 1 nitrogen and oxygen atoms in total. The fourth-order valence-corrected chi connectivity index (χ4v) is 0.277. The molecule has 7 heavy (non-hydrogen) atoms. The first-order valence-electron chi connectivity index (χ1n) is 1.76. The summed E-state index contributed by atoms with van der Waals surface area (Å²) in [6.07, 6.45) is 3.39. The topological polar surface area (TPSA) is 12.9 Å². The molecule has 2 heteroatoms. The Labute approximate surface area is 68.0 Å². The Kier molecular flexibility index (Phi) is 4.57. The van der Waals surface area contributed by atoms with Crippen LogP contribution in [-0.2, 0) is 32.7 Å². The summed E-state index contributed by atoms with van der Waals surface area (Å²) in [6, 6.07) is 6.36. The Balaban J connectivity index is 0.000000360. The van der Waals surface area contributed by atoms with Gasteiger partial charge in [-0.15, -0.1) is 0 Å². The largest absolute Gasteiger partial charge is 3.00 e. The van der Waals surface area contributed by atoms with Crippen molar-refractivity contribution in [3.8, 4) is 0 Å². The number of rotatable bonds is 0. The van der Waals surface area contributed by atoms with Crippen LogP contribution >= 0.6 is 0 Å². The second-order valence-electron chi connectivity index (χ2n) is 0.947. The van der Waals surface area contributed by atoms with Crippen LogP contribution in [0, 0.1) is 6.07 Å². The smallest absolute Gasteiger partial charge is 0.391 e. The standard InChI is InChI=1S/C5H4N.Y/c1-2-4-6-5-3-1;/h2-5H;/q-1;+3. The molecule has 0 atom stereocenters. The average Bonchev–Trinajstić information content (AvgIpc) is 1.72. The second kappa shape index (κ2) is 4.41. The minimum atomic E-state index is 0. The van der Waals surface area contributed by atoms with Gasteiger partial charge in [-0.3, -0.25) is 0 Å². The molecule has 0 bridgehead atoms. The van der Waals surface area contributed by atoms with Crippen molar-refractivity contribution in [3.05, 3.63) is 30.6 Å². The quantitative estimate of drug-likeness (QED) is 0.522. The summed E-state index contributed by atoms with van der Waals surface area (Å²) in [5.41, 5.74) is 0. The van der Waals surface area contributed by atoms with Crippen molar-refractivity contribution in [1.82, 2.24) is 4.98 Å². The van der Waals surface area contributed by atoms with E-state index in [-0.39, 0.29) is 32.7 Å². The van der Waals surface area contributed by atoms with E-state index in [0.29, 0.717) is 0 Å². The molecular formula is C5H4NY+2. The fourth-order valence-electron chi connectivity index (χ4n) is 0.277. The predicted molar refractivity (Wildman–Crippen MR) is 23.1 cm³/mol. The third-order valence-corrected chi connectivity index (χ3v) is 0.514. The van der Waals surface area contributed by atoms with E-state index in [0.717, 1.165) is 0 Å². The summed E-state index contributed by atoms with van der Waals surface area (Å²) in [7, 11) is 0. The molecule has 0 spiro atoms. The first-order chi connectivity index (χ1) is 3.00. The van der Waals surface area contributed by atoms with Crippen molar-refractivity contribution >= 4 is 0 Å². The Hall–Kier alpha value is 0.254. The average molecular weight is 167 g/mol. The van der Waals surface area contributed by atoms with E-state index < -0.39 is 0 Å². The molecule has 0 aliphatic rings. The molecule has 1 heterocycles. The van der Waals surface area contributed by atoms with Crippen LogP contribution in [0.4, 0.5) is 0 Å². The van der Waals surface area contributed by atoms with Crippen LogP contribution < -0.4 is 0 Å². The molecular weight excluding hydrogens is 163 g/mol. The summed E-state index contributed by atoms with van der Waals surface area (Å²) in [5.74, 6) is 0. The fraction of sp³-hybridized carbons (Fsp3) is 0. The molecule has 0 aromatic carbocycles. The second-order valence-corrected chi connectivity index (χ2v) is 0.947. The first-order valence-corrected chi connectivity index (χ1v) is 1.76. The third-order valence-electron chi connectivity index (χ3n) is 0.514. The molecule has 0 saturated heterocycles. The zero-order chi connectivity index (χ0) is 4.24. The van der Waals surface area contributed by atoms with Gasteiger partial charge in [-0.25, -0.2) is 0 Å². The van der Waals surface area contributed by atoms with Crippen molar-refractivity contribution in [3.63, 3.8) is 0 Å². The number of pyridine rings is 1. The maximum absolute atomic E-state index is 3.75. The van der Waals surface area contributed by atoms with E-state index in [2.05, 4.69) is 11.1 Å². The number of hydrogen-bond donors (Lipinski definition) is 0. The van der Waals surface area contributed by atoms with Gasteiger partial charge in [0, 0.05) is 0 Å². The Morgan fingerprint density at radius 3 is 1.86 bits per heavy atom. The molecule has 0 amide bonds. The Morgan fingerprint density at radius 2 is 1.71 bits per heavy atom. The number of aromatic nitrogens is 1. The predicted octanol–water partition coefficient (Wildman–Crippen LogP) is 0.879. The van der Waals surface area contributed by atoms with Gasteiger partial charge in [0.2, 0.25) is 0 Å². The molecule has 0 N–H and O–H groups in total. The molecule has 30 valence electrons. The minimum Gasteiger partial charge on any atom is -0.391 e. The zero-order valence-corrected chi connectivity index (χ0v) is 6.67. The van der Waals surface area contributed by atoms with Gasteiger partial charge >= 0.3 is 32.7 Å². The third kappa shape index (κ3) is 2.89. The van der Waals surface area contributed by atoms with E-state index in [1.807, 2.05) is 0 Å². The van der Waals surface area contributed by atoms with Crippen molar-refractivity contribution in [2.24, 2.45) is 0 Å². The summed E-state index contributed by atoms with van der Waals surface area (Å²) >= 11 is 0. The van der Waals surface area contributed by atoms with Crippen molar-refractivity contribution in [1.29, 1.82) is 0 Å². The molecule has 0 aliphatic carbocycles. The molecule has 1 aromatic rings. The number of nitrogens with zero attached hydrogens (tertiary/aromatic N) is 1. The van der Waals surface area contributed by atoms with Crippen molar-refractivity contribution in [2.45, 2.75) is 0 Å². The van der Waals surface area contributed by atoms with Gasteiger partial charge in [-0.1, -0.05) is 12.4 Å². The zero-order valence-electron chi connectivity index (χ0n) is 3.83. The van der Waals surface area contributed by atoms with Gasteiger partial charge in [0.15, 0.2) is 0 Å². The van der Waals surface area contributed by atoms with Crippen LogP contribution in [0.1, 0.15) is 0 Å². The van der Waals surface area contributed by atoms with Crippen molar-refractivity contribution in [2.75, 3.05) is 0 Å². The van der Waals surface area contributed by atoms with E-state index in [9.17, 15) is 0 Å². The summed E-state index contributed by atoms with van der Waals surface area (Å²) in [4.78, 5) is 3.75.